The van der Waals surface area contributed by atoms with Gasteiger partial charge < -0.3 is 15.4 Å². The van der Waals surface area contributed by atoms with Gasteiger partial charge in [-0.15, -0.1) is 24.0 Å². The first-order chi connectivity index (χ1) is 14.7. The summed E-state index contributed by atoms with van der Waals surface area (Å²) in [5, 5.41) is 10.7. The van der Waals surface area contributed by atoms with E-state index in [0.717, 1.165) is 23.4 Å². The lowest BCUT2D eigenvalue weighted by Gasteiger charge is -2.11. The smallest absolute Gasteiger partial charge is 0.338 e. The van der Waals surface area contributed by atoms with Crippen molar-refractivity contribution in [2.75, 3.05) is 6.54 Å². The van der Waals surface area contributed by atoms with E-state index in [0.29, 0.717) is 24.6 Å². The fraction of sp³-hybridized carbons (Fsp3) is 0.261. The molecule has 2 N–H and O–H groups in total. The summed E-state index contributed by atoms with van der Waals surface area (Å²) in [4.78, 5) is 17.0. The number of benzene rings is 2. The Kier molecular flexibility index (Phi) is 10.0. The second-order valence-corrected chi connectivity index (χ2v) is 6.76. The third-order valence-corrected chi connectivity index (χ3v) is 4.50. The second kappa shape index (κ2) is 12.7. The predicted molar refractivity (Wildman–Crippen MR) is 132 cm³/mol. The van der Waals surface area contributed by atoms with Gasteiger partial charge in [-0.1, -0.05) is 42.5 Å². The van der Waals surface area contributed by atoms with Crippen LogP contribution in [-0.4, -0.2) is 28.3 Å². The van der Waals surface area contributed by atoms with Crippen molar-refractivity contribution in [1.29, 1.82) is 0 Å². The Labute approximate surface area is 199 Å². The number of aromatic nitrogens is 2. The van der Waals surface area contributed by atoms with E-state index in [1.807, 2.05) is 73.3 Å². The molecule has 0 bridgehead atoms. The average Bonchev–Trinajstić information content (AvgIpc) is 3.19. The molecule has 1 aromatic heterocycles. The maximum absolute atomic E-state index is 12.4. The lowest BCUT2D eigenvalue weighted by atomic mass is 10.1. The van der Waals surface area contributed by atoms with Gasteiger partial charge in [-0.05, 0) is 36.2 Å². The molecule has 164 valence electrons. The molecule has 8 heteroatoms. The quantitative estimate of drug-likeness (QED) is 0.200. The summed E-state index contributed by atoms with van der Waals surface area (Å²) in [6.07, 6.45) is 1.77. The zero-order valence-corrected chi connectivity index (χ0v) is 20.1. The molecular formula is C23H28IN5O2. The zero-order valence-electron chi connectivity index (χ0n) is 17.7. The monoisotopic (exact) mass is 533 g/mol. The van der Waals surface area contributed by atoms with E-state index in [2.05, 4.69) is 20.7 Å². The SMILES string of the molecule is CCNC(=NCc1cccc(C(=O)OCc2ccccc2)c1)NCc1ccnn1C.I. The largest absolute Gasteiger partial charge is 0.457 e. The maximum atomic E-state index is 12.4. The molecule has 1 heterocycles. The Morgan fingerprint density at radius 2 is 1.84 bits per heavy atom. The first-order valence-corrected chi connectivity index (χ1v) is 9.94. The molecule has 0 amide bonds. The number of carbonyl (C=O) groups excluding carboxylic acids is 1. The van der Waals surface area contributed by atoms with E-state index in [1.165, 1.54) is 0 Å². The van der Waals surface area contributed by atoms with Crippen LogP contribution in [0.5, 0.6) is 0 Å². The van der Waals surface area contributed by atoms with E-state index >= 15 is 0 Å². The average molecular weight is 533 g/mol. The van der Waals surface area contributed by atoms with Crippen LogP contribution >= 0.6 is 24.0 Å². The maximum Gasteiger partial charge on any atom is 0.338 e. The van der Waals surface area contributed by atoms with Crippen LogP contribution in [0.4, 0.5) is 0 Å². The molecule has 0 aliphatic rings. The molecule has 0 spiro atoms. The van der Waals surface area contributed by atoms with E-state index in [-0.39, 0.29) is 36.6 Å². The summed E-state index contributed by atoms with van der Waals surface area (Å²) in [5.74, 6) is 0.363. The third kappa shape index (κ3) is 7.71. The second-order valence-electron chi connectivity index (χ2n) is 6.76. The highest BCUT2D eigenvalue weighted by molar-refractivity contribution is 14.0. The van der Waals surface area contributed by atoms with Gasteiger partial charge in [0.1, 0.15) is 6.61 Å². The van der Waals surface area contributed by atoms with Crippen molar-refractivity contribution in [3.05, 3.63) is 89.2 Å². The minimum absolute atomic E-state index is 0. The highest BCUT2D eigenvalue weighted by Gasteiger charge is 2.08. The molecular weight excluding hydrogens is 505 g/mol. The van der Waals surface area contributed by atoms with Crippen LogP contribution in [-0.2, 0) is 31.5 Å². The molecule has 0 radical (unpaired) electrons. The summed E-state index contributed by atoms with van der Waals surface area (Å²) >= 11 is 0. The number of hydrogen-bond acceptors (Lipinski definition) is 4. The molecule has 3 aromatic rings. The Balaban J connectivity index is 0.00000341. The van der Waals surface area contributed by atoms with Gasteiger partial charge >= 0.3 is 5.97 Å². The number of ether oxygens (including phenoxy) is 1. The van der Waals surface area contributed by atoms with Gasteiger partial charge in [0.25, 0.3) is 0 Å². The van der Waals surface area contributed by atoms with E-state index < -0.39 is 0 Å². The number of aliphatic imine (C=N–C) groups is 1. The number of guanidine groups is 1. The number of esters is 1. The van der Waals surface area contributed by atoms with E-state index in [1.54, 1.807) is 12.3 Å². The predicted octanol–water partition coefficient (Wildman–Crippen LogP) is 3.65. The van der Waals surface area contributed by atoms with Gasteiger partial charge in [0, 0.05) is 19.8 Å². The number of nitrogens with zero attached hydrogens (tertiary/aromatic N) is 3. The van der Waals surface area contributed by atoms with Crippen molar-refractivity contribution in [2.45, 2.75) is 26.6 Å². The number of halogens is 1. The normalized spacial score (nSPS) is 10.8. The van der Waals surface area contributed by atoms with Gasteiger partial charge in [0.2, 0.25) is 0 Å². The minimum Gasteiger partial charge on any atom is -0.457 e. The lowest BCUT2D eigenvalue weighted by Crippen LogP contribution is -2.37. The Morgan fingerprint density at radius 1 is 1.06 bits per heavy atom. The molecule has 0 saturated heterocycles. The highest BCUT2D eigenvalue weighted by atomic mass is 127. The van der Waals surface area contributed by atoms with Crippen molar-refractivity contribution in [1.82, 2.24) is 20.4 Å². The third-order valence-electron chi connectivity index (χ3n) is 4.50. The molecule has 0 saturated carbocycles. The summed E-state index contributed by atoms with van der Waals surface area (Å²) in [7, 11) is 1.91. The molecule has 0 atom stereocenters. The molecule has 3 rings (SSSR count). The number of carbonyl (C=O) groups is 1. The van der Waals surface area contributed by atoms with Crippen LogP contribution in [0.2, 0.25) is 0 Å². The molecule has 0 aliphatic heterocycles. The Bertz CT molecular complexity index is 988. The first kappa shape index (κ1) is 24.4. The Morgan fingerprint density at radius 3 is 2.55 bits per heavy atom. The standard InChI is InChI=1S/C23H27N5O2.HI/c1-3-24-23(26-16-21-12-13-27-28(21)2)25-15-19-10-7-11-20(14-19)22(29)30-17-18-8-5-4-6-9-18;/h4-14H,3,15-17H2,1-2H3,(H2,24,25,26);1H. The summed E-state index contributed by atoms with van der Waals surface area (Å²) in [6, 6.07) is 19.0. The lowest BCUT2D eigenvalue weighted by molar-refractivity contribution is 0.0472. The van der Waals surface area contributed by atoms with Crippen molar-refractivity contribution in [2.24, 2.45) is 12.0 Å². The van der Waals surface area contributed by atoms with Crippen molar-refractivity contribution >= 4 is 35.9 Å². The van der Waals surface area contributed by atoms with E-state index in [9.17, 15) is 4.79 Å². The van der Waals surface area contributed by atoms with Gasteiger partial charge in [0.15, 0.2) is 5.96 Å². The highest BCUT2D eigenvalue weighted by Crippen LogP contribution is 2.10. The van der Waals surface area contributed by atoms with Crippen LogP contribution in [0.3, 0.4) is 0 Å². The summed E-state index contributed by atoms with van der Waals surface area (Å²) in [5.41, 5.74) is 3.47. The van der Waals surface area contributed by atoms with Crippen molar-refractivity contribution < 1.29 is 9.53 Å². The van der Waals surface area contributed by atoms with Crippen LogP contribution in [0.15, 0.2) is 71.9 Å². The number of hydrogen-bond donors (Lipinski definition) is 2. The van der Waals surface area contributed by atoms with Crippen LogP contribution in [0, 0.1) is 0 Å². The molecule has 0 fully saturated rings. The molecule has 2 aromatic carbocycles. The van der Waals surface area contributed by atoms with Gasteiger partial charge in [-0.2, -0.15) is 5.10 Å². The summed E-state index contributed by atoms with van der Waals surface area (Å²) in [6.45, 7) is 4.09. The fourth-order valence-electron chi connectivity index (χ4n) is 2.86. The number of aryl methyl sites for hydroxylation is 1. The van der Waals surface area contributed by atoms with E-state index in [4.69, 9.17) is 4.74 Å². The summed E-state index contributed by atoms with van der Waals surface area (Å²) < 4.78 is 7.24. The van der Waals surface area contributed by atoms with Gasteiger partial charge in [-0.25, -0.2) is 9.79 Å². The first-order valence-electron chi connectivity index (χ1n) is 9.94. The molecule has 0 unspecified atom stereocenters. The molecule has 31 heavy (non-hydrogen) atoms. The van der Waals surface area contributed by atoms with Gasteiger partial charge in [-0.3, -0.25) is 4.68 Å². The minimum atomic E-state index is -0.342. The number of rotatable bonds is 8. The number of nitrogens with one attached hydrogen (secondary N) is 2. The topological polar surface area (TPSA) is 80.5 Å². The Hall–Kier alpha value is -2.88. The molecule has 7 nitrogen and oxygen atoms in total. The fourth-order valence-corrected chi connectivity index (χ4v) is 2.86. The van der Waals surface area contributed by atoms with Crippen molar-refractivity contribution in [3.8, 4) is 0 Å². The zero-order chi connectivity index (χ0) is 21.2. The van der Waals surface area contributed by atoms with Crippen LogP contribution < -0.4 is 10.6 Å². The van der Waals surface area contributed by atoms with Gasteiger partial charge in [0.05, 0.1) is 24.3 Å². The van der Waals surface area contributed by atoms with Crippen LogP contribution in [0.1, 0.15) is 34.1 Å². The van der Waals surface area contributed by atoms with Crippen molar-refractivity contribution in [3.63, 3.8) is 0 Å². The molecule has 0 aliphatic carbocycles. The van der Waals surface area contributed by atoms with Crippen LogP contribution in [0.25, 0.3) is 0 Å².